The number of hydrogen-bond donors (Lipinski definition) is 0. The summed E-state index contributed by atoms with van der Waals surface area (Å²) in [5, 5.41) is 0. The van der Waals surface area contributed by atoms with Crippen molar-refractivity contribution in [2.24, 2.45) is 0 Å². The average Bonchev–Trinajstić information content (AvgIpc) is 3.49. The molecule has 0 atom stereocenters. The van der Waals surface area contributed by atoms with Gasteiger partial charge in [-0.2, -0.15) is 8.78 Å². The van der Waals surface area contributed by atoms with Crippen LogP contribution in [0.25, 0.3) is 22.4 Å². The highest BCUT2D eigenvalue weighted by molar-refractivity contribution is 5.81. The Kier molecular flexibility index (Phi) is 6.45. The number of piperazine rings is 1. The lowest BCUT2D eigenvalue weighted by Crippen LogP contribution is -2.49. The minimum Gasteiger partial charge on any atom is -0.496 e. The third-order valence-electron chi connectivity index (χ3n) is 6.19. The summed E-state index contributed by atoms with van der Waals surface area (Å²) in [6.07, 6.45) is 3.21. The largest absolute Gasteiger partial charge is 0.496 e. The van der Waals surface area contributed by atoms with Gasteiger partial charge in [0.1, 0.15) is 18.0 Å². The molecule has 2 aromatic carbocycles. The quantitative estimate of drug-likeness (QED) is 0.382. The van der Waals surface area contributed by atoms with Crippen molar-refractivity contribution in [1.29, 1.82) is 0 Å². The van der Waals surface area contributed by atoms with Crippen LogP contribution in [0, 0.1) is 6.92 Å². The first kappa shape index (κ1) is 23.6. The molecule has 36 heavy (non-hydrogen) atoms. The first-order valence-corrected chi connectivity index (χ1v) is 11.4. The number of nitrogens with zero attached hydrogens (tertiary/aromatic N) is 5. The molecule has 1 aliphatic heterocycles. The lowest BCUT2D eigenvalue weighted by atomic mass is 10.1. The highest BCUT2D eigenvalue weighted by Crippen LogP contribution is 2.34. The molecule has 0 saturated carbocycles. The molecule has 1 aliphatic rings. The topological polar surface area (TPSA) is 85.9 Å². The van der Waals surface area contributed by atoms with Gasteiger partial charge in [-0.05, 0) is 24.3 Å². The molecule has 0 N–H and O–H groups in total. The van der Waals surface area contributed by atoms with Gasteiger partial charge in [-0.25, -0.2) is 9.97 Å². The highest BCUT2D eigenvalue weighted by atomic mass is 19.3. The molecular weight excluding hydrogens is 472 g/mol. The van der Waals surface area contributed by atoms with E-state index in [1.54, 1.807) is 35.8 Å². The summed E-state index contributed by atoms with van der Waals surface area (Å²) < 4.78 is 42.5. The number of imidazole rings is 1. The van der Waals surface area contributed by atoms with Crippen molar-refractivity contribution < 1.29 is 27.5 Å². The minimum absolute atomic E-state index is 0.0280. The molecule has 2 aromatic heterocycles. The molecule has 11 heteroatoms. The number of amides is 1. The Hall–Kier alpha value is -4.15. The number of aromatic nitrogens is 3. The average molecular weight is 498 g/mol. The number of methoxy groups -OCH3 is 1. The second kappa shape index (κ2) is 9.84. The number of fused-ring (bicyclic) bond motifs is 1. The molecular formula is C25H25F2N5O4. The van der Waals surface area contributed by atoms with E-state index in [2.05, 4.69) is 19.6 Å². The highest BCUT2D eigenvalue weighted by Gasteiger charge is 2.23. The Balaban J connectivity index is 1.23. The first-order valence-electron chi connectivity index (χ1n) is 11.4. The maximum absolute atomic E-state index is 13.0. The molecule has 3 heterocycles. The molecule has 1 fully saturated rings. The van der Waals surface area contributed by atoms with Crippen LogP contribution in [0.5, 0.6) is 11.5 Å². The monoisotopic (exact) mass is 497 g/mol. The van der Waals surface area contributed by atoms with E-state index in [-0.39, 0.29) is 18.2 Å². The smallest absolute Gasteiger partial charge is 0.387 e. The third kappa shape index (κ3) is 4.81. The first-order chi connectivity index (χ1) is 17.4. The van der Waals surface area contributed by atoms with E-state index < -0.39 is 6.61 Å². The molecule has 0 radical (unpaired) electrons. The molecule has 0 aliphatic carbocycles. The fraction of sp³-hybridized carbons (Fsp3) is 0.320. The molecule has 1 amide bonds. The van der Waals surface area contributed by atoms with Crippen molar-refractivity contribution in [3.8, 4) is 22.8 Å². The third-order valence-corrected chi connectivity index (χ3v) is 6.19. The summed E-state index contributed by atoms with van der Waals surface area (Å²) in [6.45, 7) is 1.36. The van der Waals surface area contributed by atoms with Crippen LogP contribution in [0.3, 0.4) is 0 Å². The molecule has 0 unspecified atom stereocenters. The van der Waals surface area contributed by atoms with Crippen LogP contribution >= 0.6 is 0 Å². The number of halogens is 2. The van der Waals surface area contributed by atoms with Gasteiger partial charge in [0.2, 0.25) is 5.91 Å². The molecule has 4 aromatic rings. The van der Waals surface area contributed by atoms with Crippen LogP contribution < -0.4 is 14.4 Å². The van der Waals surface area contributed by atoms with Gasteiger partial charge in [0.05, 0.1) is 36.2 Å². The lowest BCUT2D eigenvalue weighted by Gasteiger charge is -2.36. The van der Waals surface area contributed by atoms with Crippen LogP contribution in [0.2, 0.25) is 0 Å². The zero-order valence-corrected chi connectivity index (χ0v) is 19.9. The van der Waals surface area contributed by atoms with Gasteiger partial charge >= 0.3 is 6.61 Å². The molecule has 1 saturated heterocycles. The predicted molar refractivity (Wildman–Crippen MR) is 128 cm³/mol. The van der Waals surface area contributed by atoms with Crippen molar-refractivity contribution in [3.05, 3.63) is 54.8 Å². The van der Waals surface area contributed by atoms with Gasteiger partial charge in [0.25, 0.3) is 0 Å². The van der Waals surface area contributed by atoms with Crippen LogP contribution in [0.4, 0.5) is 14.5 Å². The molecule has 5 rings (SSSR count). The van der Waals surface area contributed by atoms with Gasteiger partial charge in [-0.1, -0.05) is 0 Å². The SMILES string of the molecule is COc1cc(N2CCN(C(=O)Cn3cnc4ccc(OC(F)F)cc43)CC2)ccc1-c1cnc(C)o1. The number of benzene rings is 2. The molecule has 0 spiro atoms. The van der Waals surface area contributed by atoms with Gasteiger partial charge in [-0.3, -0.25) is 4.79 Å². The van der Waals surface area contributed by atoms with Gasteiger partial charge < -0.3 is 28.3 Å². The number of alkyl halides is 2. The fourth-order valence-electron chi connectivity index (χ4n) is 4.36. The lowest BCUT2D eigenvalue weighted by molar-refractivity contribution is -0.132. The van der Waals surface area contributed by atoms with Crippen molar-refractivity contribution in [1.82, 2.24) is 19.4 Å². The van der Waals surface area contributed by atoms with Gasteiger partial charge in [0.15, 0.2) is 11.7 Å². The minimum atomic E-state index is -2.92. The number of oxazole rings is 1. The Morgan fingerprint density at radius 2 is 1.92 bits per heavy atom. The number of carbonyl (C=O) groups is 1. The number of aryl methyl sites for hydroxylation is 1. The summed E-state index contributed by atoms with van der Waals surface area (Å²) in [6, 6.07) is 10.4. The fourth-order valence-corrected chi connectivity index (χ4v) is 4.36. The number of ether oxygens (including phenoxy) is 2. The second-order valence-corrected chi connectivity index (χ2v) is 8.40. The van der Waals surface area contributed by atoms with Crippen LogP contribution in [-0.4, -0.2) is 65.2 Å². The van der Waals surface area contributed by atoms with E-state index in [9.17, 15) is 13.6 Å². The van der Waals surface area contributed by atoms with Crippen LogP contribution in [-0.2, 0) is 11.3 Å². The van der Waals surface area contributed by atoms with E-state index in [0.29, 0.717) is 54.6 Å². The molecule has 0 bridgehead atoms. The van der Waals surface area contributed by atoms with E-state index in [1.807, 2.05) is 18.2 Å². The Morgan fingerprint density at radius 3 is 2.61 bits per heavy atom. The van der Waals surface area contributed by atoms with Crippen molar-refractivity contribution in [2.75, 3.05) is 38.2 Å². The Bertz CT molecular complexity index is 1380. The number of rotatable bonds is 7. The zero-order valence-electron chi connectivity index (χ0n) is 19.9. The summed E-state index contributed by atoms with van der Waals surface area (Å²) in [7, 11) is 1.62. The van der Waals surface area contributed by atoms with Crippen LogP contribution in [0.1, 0.15) is 5.89 Å². The van der Waals surface area contributed by atoms with E-state index >= 15 is 0 Å². The van der Waals surface area contributed by atoms with Crippen LogP contribution in [0.15, 0.2) is 53.3 Å². The summed E-state index contributed by atoms with van der Waals surface area (Å²) in [5.74, 6) is 1.88. The number of carbonyl (C=O) groups excluding carboxylic acids is 1. The zero-order chi connectivity index (χ0) is 25.2. The van der Waals surface area contributed by atoms with Crippen molar-refractivity contribution in [2.45, 2.75) is 20.1 Å². The number of anilines is 1. The predicted octanol–water partition coefficient (Wildman–Crippen LogP) is 3.96. The Morgan fingerprint density at radius 1 is 1.11 bits per heavy atom. The standard InChI is InChI=1S/C25H25F2N5O4/c1-16-28-13-23(35-16)19-5-3-17(11-22(19)34-2)30-7-9-31(10-8-30)24(33)14-32-15-29-20-6-4-18(12-21(20)32)36-25(26)27/h3-6,11-13,15,25H,7-10,14H2,1-2H3. The normalized spacial score (nSPS) is 14.0. The molecule has 188 valence electrons. The summed E-state index contributed by atoms with van der Waals surface area (Å²) in [5.41, 5.74) is 2.98. The summed E-state index contributed by atoms with van der Waals surface area (Å²) >= 11 is 0. The van der Waals surface area contributed by atoms with Crippen molar-refractivity contribution >= 4 is 22.6 Å². The van der Waals surface area contributed by atoms with Gasteiger partial charge in [0, 0.05) is 50.9 Å². The summed E-state index contributed by atoms with van der Waals surface area (Å²) in [4.78, 5) is 25.4. The second-order valence-electron chi connectivity index (χ2n) is 8.40. The maximum Gasteiger partial charge on any atom is 0.387 e. The maximum atomic E-state index is 13.0. The Labute approximate surface area is 205 Å². The van der Waals surface area contributed by atoms with E-state index in [4.69, 9.17) is 9.15 Å². The van der Waals surface area contributed by atoms with E-state index in [0.717, 1.165) is 11.3 Å². The van der Waals surface area contributed by atoms with Gasteiger partial charge in [-0.15, -0.1) is 0 Å². The van der Waals surface area contributed by atoms with Crippen molar-refractivity contribution in [3.63, 3.8) is 0 Å². The number of hydrogen-bond acceptors (Lipinski definition) is 7. The van der Waals surface area contributed by atoms with E-state index in [1.165, 1.54) is 18.5 Å². The molecule has 9 nitrogen and oxygen atoms in total.